The van der Waals surface area contributed by atoms with E-state index in [1.165, 1.54) is 0 Å². The molecule has 1 atom stereocenters. The average molecular weight is 453 g/mol. The smallest absolute Gasteiger partial charge is 0.229 e. The largest absolute Gasteiger partial charge is 0.394 e. The molecule has 32 heavy (non-hydrogen) atoms. The molecule has 4 aromatic rings. The average Bonchev–Trinajstić information content (AvgIpc) is 2.77. The highest BCUT2D eigenvalue weighted by molar-refractivity contribution is 7.92. The molecule has 0 saturated heterocycles. The molecule has 0 aliphatic heterocycles. The van der Waals surface area contributed by atoms with Crippen LogP contribution >= 0.6 is 0 Å². The fourth-order valence-electron chi connectivity index (χ4n) is 3.48. The lowest BCUT2D eigenvalue weighted by Gasteiger charge is -2.19. The molecule has 0 fully saturated rings. The van der Waals surface area contributed by atoms with Gasteiger partial charge in [0.15, 0.2) is 0 Å². The van der Waals surface area contributed by atoms with Gasteiger partial charge in [-0.2, -0.15) is 0 Å². The zero-order valence-electron chi connectivity index (χ0n) is 17.4. The molecule has 0 spiro atoms. The molecule has 5 N–H and O–H groups in total. The maximum Gasteiger partial charge on any atom is 0.229 e. The summed E-state index contributed by atoms with van der Waals surface area (Å²) < 4.78 is 25.8. The van der Waals surface area contributed by atoms with Crippen molar-refractivity contribution >= 4 is 54.6 Å². The Morgan fingerprint density at radius 2 is 1.56 bits per heavy atom. The number of nitrogens with one attached hydrogen (secondary N) is 3. The van der Waals surface area contributed by atoms with E-state index >= 15 is 0 Å². The lowest BCUT2D eigenvalue weighted by atomic mass is 10.1. The summed E-state index contributed by atoms with van der Waals surface area (Å²) in [6, 6.07) is 20.7. The third-order valence-corrected chi connectivity index (χ3v) is 5.52. The van der Waals surface area contributed by atoms with E-state index in [-0.39, 0.29) is 6.54 Å². The van der Waals surface area contributed by atoms with Gasteiger partial charge in [-0.3, -0.25) is 4.72 Å². The molecule has 1 heterocycles. The first-order chi connectivity index (χ1) is 15.3. The van der Waals surface area contributed by atoms with Crippen molar-refractivity contribution in [2.45, 2.75) is 6.10 Å². The van der Waals surface area contributed by atoms with Crippen LogP contribution in [0.1, 0.15) is 0 Å². The molecule has 1 unspecified atom stereocenters. The Morgan fingerprint density at radius 1 is 0.938 bits per heavy atom. The maximum absolute atomic E-state index is 11.7. The minimum atomic E-state index is -3.46. The summed E-state index contributed by atoms with van der Waals surface area (Å²) in [7, 11) is -3.46. The lowest BCUT2D eigenvalue weighted by Crippen LogP contribution is -2.23. The van der Waals surface area contributed by atoms with Crippen molar-refractivity contribution in [3.05, 3.63) is 66.7 Å². The summed E-state index contributed by atoms with van der Waals surface area (Å²) in [5, 5.41) is 27.4. The first-order valence-corrected chi connectivity index (χ1v) is 11.9. The monoisotopic (exact) mass is 452 g/mol. The second-order valence-corrected chi connectivity index (χ2v) is 9.25. The standard InChI is InChI=1S/C23H24N4O4S/c1-32(30,31)27-15-10-11-21(22(12-15)24-13-16(29)14-28)26-23-17-6-2-4-8-19(17)25-20-9-5-3-7-18(20)23/h2-12,16,24,27-29H,13-14H2,1H3,(H,25,26). The molecule has 8 nitrogen and oxygen atoms in total. The van der Waals surface area contributed by atoms with E-state index in [1.54, 1.807) is 18.2 Å². The van der Waals surface area contributed by atoms with Gasteiger partial charge in [0.25, 0.3) is 0 Å². The number of rotatable bonds is 8. The highest BCUT2D eigenvalue weighted by Gasteiger charge is 2.13. The third-order valence-electron chi connectivity index (χ3n) is 4.91. The number of aromatic nitrogens is 1. The van der Waals surface area contributed by atoms with E-state index in [9.17, 15) is 13.5 Å². The molecule has 0 bridgehead atoms. The first-order valence-electron chi connectivity index (χ1n) is 10.0. The highest BCUT2D eigenvalue weighted by atomic mass is 32.2. The summed E-state index contributed by atoms with van der Waals surface area (Å²) in [6.45, 7) is -0.304. The van der Waals surface area contributed by atoms with Crippen LogP contribution in [-0.2, 0) is 10.0 Å². The summed E-state index contributed by atoms with van der Waals surface area (Å²) in [4.78, 5) is 4.73. The number of nitrogens with zero attached hydrogens (tertiary/aromatic N) is 1. The van der Waals surface area contributed by atoms with Gasteiger partial charge in [0.2, 0.25) is 10.0 Å². The topological polar surface area (TPSA) is 124 Å². The van der Waals surface area contributed by atoms with Crippen LogP contribution in [0.15, 0.2) is 66.7 Å². The Labute approximate surface area is 186 Å². The molecule has 0 aliphatic carbocycles. The summed E-state index contributed by atoms with van der Waals surface area (Å²) in [5.41, 5.74) is 4.17. The SMILES string of the molecule is CS(=O)(=O)Nc1ccc(Nc2c3ccccc3nc3ccccc23)c(NCC(O)CO)c1. The number of para-hydroxylation sites is 2. The fraction of sp³-hybridized carbons (Fsp3) is 0.174. The van der Waals surface area contributed by atoms with Gasteiger partial charge in [-0.25, -0.2) is 13.4 Å². The van der Waals surface area contributed by atoms with Gasteiger partial charge in [0, 0.05) is 17.3 Å². The zero-order valence-corrected chi connectivity index (χ0v) is 18.2. The summed E-state index contributed by atoms with van der Waals surface area (Å²) in [6.07, 6.45) is 0.119. The molecule has 3 aromatic carbocycles. The number of benzene rings is 3. The van der Waals surface area contributed by atoms with Crippen molar-refractivity contribution in [3.63, 3.8) is 0 Å². The second kappa shape index (κ2) is 8.99. The van der Waals surface area contributed by atoms with Crippen LogP contribution in [0.5, 0.6) is 0 Å². The Balaban J connectivity index is 1.81. The van der Waals surface area contributed by atoms with Crippen molar-refractivity contribution in [1.82, 2.24) is 4.98 Å². The minimum absolute atomic E-state index is 0.0886. The molecule has 0 amide bonds. The third kappa shape index (κ3) is 4.91. The van der Waals surface area contributed by atoms with Crippen molar-refractivity contribution in [3.8, 4) is 0 Å². The predicted octanol–water partition coefficient (Wildman–Crippen LogP) is 3.27. The normalized spacial score (nSPS) is 12.6. The molecule has 0 aliphatic rings. The predicted molar refractivity (Wildman–Crippen MR) is 129 cm³/mol. The number of anilines is 4. The number of sulfonamides is 1. The van der Waals surface area contributed by atoms with E-state index in [0.717, 1.165) is 33.7 Å². The van der Waals surface area contributed by atoms with Gasteiger partial charge in [-0.05, 0) is 30.3 Å². The van der Waals surface area contributed by atoms with E-state index in [1.807, 2.05) is 48.5 Å². The van der Waals surface area contributed by atoms with E-state index in [0.29, 0.717) is 17.1 Å². The van der Waals surface area contributed by atoms with Crippen LogP contribution in [0.4, 0.5) is 22.7 Å². The van der Waals surface area contributed by atoms with Gasteiger partial charge >= 0.3 is 0 Å². The maximum atomic E-state index is 11.7. The zero-order chi connectivity index (χ0) is 22.7. The fourth-order valence-corrected chi connectivity index (χ4v) is 4.03. The number of fused-ring (bicyclic) bond motifs is 2. The van der Waals surface area contributed by atoms with Crippen LogP contribution in [-0.4, -0.2) is 49.1 Å². The molecule has 0 saturated carbocycles. The van der Waals surface area contributed by atoms with Crippen molar-refractivity contribution in [2.24, 2.45) is 0 Å². The van der Waals surface area contributed by atoms with Crippen molar-refractivity contribution < 1.29 is 18.6 Å². The van der Waals surface area contributed by atoms with Gasteiger partial charge in [-0.15, -0.1) is 0 Å². The van der Waals surface area contributed by atoms with Gasteiger partial charge in [-0.1, -0.05) is 36.4 Å². The van der Waals surface area contributed by atoms with E-state index in [2.05, 4.69) is 15.4 Å². The summed E-state index contributed by atoms with van der Waals surface area (Å²) >= 11 is 0. The molecule has 166 valence electrons. The quantitative estimate of drug-likeness (QED) is 0.260. The Hall–Kier alpha value is -3.40. The molecule has 9 heteroatoms. The molecular formula is C23H24N4O4S. The Morgan fingerprint density at radius 3 is 2.16 bits per heavy atom. The molecular weight excluding hydrogens is 428 g/mol. The van der Waals surface area contributed by atoms with Crippen molar-refractivity contribution in [2.75, 3.05) is 34.8 Å². The molecule has 0 radical (unpaired) electrons. The molecule has 1 aromatic heterocycles. The van der Waals surface area contributed by atoms with Gasteiger partial charge in [0.1, 0.15) is 0 Å². The highest BCUT2D eigenvalue weighted by Crippen LogP contribution is 2.36. The van der Waals surface area contributed by atoms with E-state index < -0.39 is 22.7 Å². The van der Waals surface area contributed by atoms with Crippen LogP contribution in [0.2, 0.25) is 0 Å². The number of hydrogen-bond donors (Lipinski definition) is 5. The minimum Gasteiger partial charge on any atom is -0.394 e. The van der Waals surface area contributed by atoms with Gasteiger partial charge < -0.3 is 20.8 Å². The summed E-state index contributed by atoms with van der Waals surface area (Å²) in [5.74, 6) is 0. The Kier molecular flexibility index (Phi) is 6.13. The molecule has 4 rings (SSSR count). The van der Waals surface area contributed by atoms with Crippen molar-refractivity contribution in [1.29, 1.82) is 0 Å². The van der Waals surface area contributed by atoms with Crippen LogP contribution in [0.3, 0.4) is 0 Å². The number of hydrogen-bond acceptors (Lipinski definition) is 7. The van der Waals surface area contributed by atoms with Gasteiger partial charge in [0.05, 0.1) is 52.7 Å². The number of pyridine rings is 1. The lowest BCUT2D eigenvalue weighted by molar-refractivity contribution is 0.105. The Bertz CT molecular complexity index is 1320. The van der Waals surface area contributed by atoms with Crippen LogP contribution in [0, 0.1) is 0 Å². The second-order valence-electron chi connectivity index (χ2n) is 7.50. The van der Waals surface area contributed by atoms with Crippen LogP contribution in [0.25, 0.3) is 21.8 Å². The van der Waals surface area contributed by atoms with E-state index in [4.69, 9.17) is 10.1 Å². The van der Waals surface area contributed by atoms with Crippen LogP contribution < -0.4 is 15.4 Å². The number of aliphatic hydroxyl groups excluding tert-OH is 2. The number of aliphatic hydroxyl groups is 2. The first kappa shape index (κ1) is 21.8.